The molecule has 2 heterocycles. The molecule has 1 N–H and O–H groups in total. The number of hydrogen-bond donors (Lipinski definition) is 1. The van der Waals surface area contributed by atoms with Gasteiger partial charge in [0.05, 0.1) is 12.7 Å². The maximum Gasteiger partial charge on any atom is 0.238 e. The normalized spacial score (nSPS) is 34.7. The highest BCUT2D eigenvalue weighted by atomic mass is 16.2. The first kappa shape index (κ1) is 5.23. The van der Waals surface area contributed by atoms with E-state index in [1.54, 1.807) is 0 Å². The molecule has 0 aliphatic carbocycles. The fourth-order valence-corrected chi connectivity index (χ4v) is 1.61. The molecule has 2 aliphatic rings. The molecule has 9 heavy (non-hydrogen) atoms. The summed E-state index contributed by atoms with van der Waals surface area (Å²) in [5.41, 5.74) is 0. The van der Waals surface area contributed by atoms with Gasteiger partial charge < -0.3 is 5.32 Å². The van der Waals surface area contributed by atoms with Crippen LogP contribution in [0.5, 0.6) is 0 Å². The molecule has 50 valence electrons. The second-order valence-corrected chi connectivity index (χ2v) is 2.67. The second kappa shape index (κ2) is 1.70. The van der Waals surface area contributed by atoms with Crippen molar-refractivity contribution >= 4 is 5.91 Å². The number of carbonyl (C=O) groups excluding carboxylic acids is 1. The highest BCUT2D eigenvalue weighted by Crippen LogP contribution is 2.19. The summed E-state index contributed by atoms with van der Waals surface area (Å²) < 4.78 is 0. The molecule has 0 aromatic rings. The first-order valence-corrected chi connectivity index (χ1v) is 3.40. The molecule has 2 fully saturated rings. The summed E-state index contributed by atoms with van der Waals surface area (Å²) in [6, 6.07) is 0.227. The Morgan fingerprint density at radius 1 is 1.67 bits per heavy atom. The lowest BCUT2D eigenvalue weighted by Gasteiger charge is -2.08. The maximum atomic E-state index is 10.9. The van der Waals surface area contributed by atoms with Gasteiger partial charge in [0, 0.05) is 6.54 Å². The third kappa shape index (κ3) is 0.645. The number of fused-ring (bicyclic) bond motifs is 1. The van der Waals surface area contributed by atoms with E-state index in [0.717, 1.165) is 19.6 Å². The van der Waals surface area contributed by atoms with Crippen LogP contribution in [0.4, 0.5) is 0 Å². The minimum Gasteiger partial charge on any atom is -0.342 e. The van der Waals surface area contributed by atoms with E-state index in [-0.39, 0.29) is 11.9 Å². The largest absolute Gasteiger partial charge is 0.342 e. The Bertz CT molecular complexity index is 146. The number of nitrogens with one attached hydrogen (secondary N) is 1. The van der Waals surface area contributed by atoms with Gasteiger partial charge in [-0.15, -0.1) is 0 Å². The van der Waals surface area contributed by atoms with Gasteiger partial charge in [0.25, 0.3) is 0 Å². The average Bonchev–Trinajstić information content (AvgIpc) is 2.35. The molecule has 0 spiro atoms. The molecular weight excluding hydrogens is 116 g/mol. The van der Waals surface area contributed by atoms with Gasteiger partial charge in [-0.3, -0.25) is 9.69 Å². The number of amides is 1. The SMILES string of the molecule is O=C1NCN2CCC[C@@H]12. The lowest BCUT2D eigenvalue weighted by atomic mass is 10.2. The van der Waals surface area contributed by atoms with Crippen molar-refractivity contribution in [3.63, 3.8) is 0 Å². The lowest BCUT2D eigenvalue weighted by Crippen LogP contribution is -2.25. The summed E-state index contributed by atoms with van der Waals surface area (Å²) >= 11 is 0. The van der Waals surface area contributed by atoms with E-state index in [4.69, 9.17) is 0 Å². The highest BCUT2D eigenvalue weighted by molar-refractivity contribution is 5.83. The summed E-state index contributed by atoms with van der Waals surface area (Å²) in [5, 5.41) is 2.81. The van der Waals surface area contributed by atoms with E-state index >= 15 is 0 Å². The van der Waals surface area contributed by atoms with Crippen LogP contribution in [0.1, 0.15) is 12.8 Å². The number of rotatable bonds is 0. The molecule has 0 unspecified atom stereocenters. The Balaban J connectivity index is 2.15. The summed E-state index contributed by atoms with van der Waals surface area (Å²) in [6.45, 7) is 1.88. The van der Waals surface area contributed by atoms with Crippen LogP contribution in [0.2, 0.25) is 0 Å². The van der Waals surface area contributed by atoms with Gasteiger partial charge in [-0.05, 0) is 12.8 Å². The Morgan fingerprint density at radius 2 is 2.56 bits per heavy atom. The Labute approximate surface area is 54.0 Å². The molecule has 1 atom stereocenters. The molecule has 3 heteroatoms. The summed E-state index contributed by atoms with van der Waals surface area (Å²) in [7, 11) is 0. The van der Waals surface area contributed by atoms with Crippen LogP contribution in [-0.4, -0.2) is 30.1 Å². The quantitative estimate of drug-likeness (QED) is 0.476. The van der Waals surface area contributed by atoms with E-state index in [1.165, 1.54) is 6.42 Å². The summed E-state index contributed by atoms with van der Waals surface area (Å²) in [6.07, 6.45) is 2.25. The minimum absolute atomic E-state index is 0.227. The van der Waals surface area contributed by atoms with Crippen LogP contribution in [0, 0.1) is 0 Å². The van der Waals surface area contributed by atoms with Crippen molar-refractivity contribution < 1.29 is 4.79 Å². The van der Waals surface area contributed by atoms with Crippen molar-refractivity contribution in [2.45, 2.75) is 18.9 Å². The minimum atomic E-state index is 0.227. The summed E-state index contributed by atoms with van der Waals surface area (Å²) in [5.74, 6) is 0.229. The van der Waals surface area contributed by atoms with Gasteiger partial charge in [0.1, 0.15) is 0 Å². The zero-order valence-electron chi connectivity index (χ0n) is 5.26. The fraction of sp³-hybridized carbons (Fsp3) is 0.833. The Morgan fingerprint density at radius 3 is 3.33 bits per heavy atom. The smallest absolute Gasteiger partial charge is 0.238 e. The number of carbonyl (C=O) groups is 1. The van der Waals surface area contributed by atoms with Crippen molar-refractivity contribution in [3.05, 3.63) is 0 Å². The van der Waals surface area contributed by atoms with E-state index < -0.39 is 0 Å². The molecule has 0 radical (unpaired) electrons. The maximum absolute atomic E-state index is 10.9. The lowest BCUT2D eigenvalue weighted by molar-refractivity contribution is -0.121. The van der Waals surface area contributed by atoms with Gasteiger partial charge in [0.2, 0.25) is 5.91 Å². The average molecular weight is 126 g/mol. The van der Waals surface area contributed by atoms with Crippen molar-refractivity contribution in [2.24, 2.45) is 0 Å². The monoisotopic (exact) mass is 126 g/mol. The van der Waals surface area contributed by atoms with Crippen molar-refractivity contribution in [3.8, 4) is 0 Å². The fourth-order valence-electron chi connectivity index (χ4n) is 1.61. The standard InChI is InChI=1S/C6H10N2O/c9-6-5-2-1-3-8(5)4-7-6/h5H,1-4H2,(H,7,9)/t5-/m0/s1. The van der Waals surface area contributed by atoms with Crippen LogP contribution in [-0.2, 0) is 4.79 Å². The molecule has 2 aliphatic heterocycles. The zero-order valence-corrected chi connectivity index (χ0v) is 5.26. The number of hydrogen-bond acceptors (Lipinski definition) is 2. The number of nitrogens with zero attached hydrogens (tertiary/aromatic N) is 1. The van der Waals surface area contributed by atoms with Crippen LogP contribution < -0.4 is 5.32 Å². The molecule has 1 amide bonds. The molecule has 0 bridgehead atoms. The predicted molar refractivity (Wildman–Crippen MR) is 32.7 cm³/mol. The molecule has 2 rings (SSSR count). The van der Waals surface area contributed by atoms with Crippen LogP contribution in [0.15, 0.2) is 0 Å². The Hall–Kier alpha value is -0.570. The molecule has 3 nitrogen and oxygen atoms in total. The van der Waals surface area contributed by atoms with Gasteiger partial charge in [-0.1, -0.05) is 0 Å². The van der Waals surface area contributed by atoms with Crippen molar-refractivity contribution in [1.29, 1.82) is 0 Å². The third-order valence-electron chi connectivity index (χ3n) is 2.12. The van der Waals surface area contributed by atoms with Gasteiger partial charge in [-0.2, -0.15) is 0 Å². The zero-order chi connectivity index (χ0) is 6.27. The van der Waals surface area contributed by atoms with Crippen LogP contribution >= 0.6 is 0 Å². The van der Waals surface area contributed by atoms with E-state index in [0.29, 0.717) is 0 Å². The van der Waals surface area contributed by atoms with Crippen LogP contribution in [0.25, 0.3) is 0 Å². The topological polar surface area (TPSA) is 32.3 Å². The first-order valence-electron chi connectivity index (χ1n) is 3.40. The first-order chi connectivity index (χ1) is 4.38. The predicted octanol–water partition coefficient (Wildman–Crippen LogP) is -0.462. The van der Waals surface area contributed by atoms with Crippen molar-refractivity contribution in [2.75, 3.05) is 13.2 Å². The van der Waals surface area contributed by atoms with Gasteiger partial charge in [-0.25, -0.2) is 0 Å². The Kier molecular flexibility index (Phi) is 0.990. The molecule has 0 saturated carbocycles. The van der Waals surface area contributed by atoms with Gasteiger partial charge in [0.15, 0.2) is 0 Å². The van der Waals surface area contributed by atoms with E-state index in [2.05, 4.69) is 10.2 Å². The molecule has 0 aromatic heterocycles. The third-order valence-corrected chi connectivity index (χ3v) is 2.12. The molecular formula is C6H10N2O. The summed E-state index contributed by atoms with van der Waals surface area (Å²) in [4.78, 5) is 13.1. The van der Waals surface area contributed by atoms with Gasteiger partial charge >= 0.3 is 0 Å². The van der Waals surface area contributed by atoms with E-state index in [9.17, 15) is 4.79 Å². The highest BCUT2D eigenvalue weighted by Gasteiger charge is 2.35. The molecule has 2 saturated heterocycles. The molecule has 0 aromatic carbocycles. The van der Waals surface area contributed by atoms with Crippen molar-refractivity contribution in [1.82, 2.24) is 10.2 Å². The second-order valence-electron chi connectivity index (χ2n) is 2.67. The van der Waals surface area contributed by atoms with E-state index in [1.807, 2.05) is 0 Å². The van der Waals surface area contributed by atoms with Crippen LogP contribution in [0.3, 0.4) is 0 Å².